The molecule has 1 aliphatic heterocycles. The van der Waals surface area contributed by atoms with Crippen LogP contribution in [0.2, 0.25) is 0 Å². The Morgan fingerprint density at radius 1 is 1.50 bits per heavy atom. The van der Waals surface area contributed by atoms with Gasteiger partial charge in [-0.2, -0.15) is 0 Å². The molecule has 2 aromatic rings. The lowest BCUT2D eigenvalue weighted by atomic mass is 10.0. The van der Waals surface area contributed by atoms with Crippen LogP contribution >= 0.6 is 11.3 Å². The molecule has 5 nitrogen and oxygen atoms in total. The van der Waals surface area contributed by atoms with Crippen LogP contribution in [0.25, 0.3) is 10.2 Å². The highest BCUT2D eigenvalue weighted by molar-refractivity contribution is 7.22. The maximum absolute atomic E-state index is 12.2. The molecule has 1 fully saturated rings. The molecule has 0 bridgehead atoms. The van der Waals surface area contributed by atoms with E-state index in [0.29, 0.717) is 21.8 Å². The van der Waals surface area contributed by atoms with Crippen LogP contribution in [0.5, 0.6) is 5.75 Å². The van der Waals surface area contributed by atoms with E-state index >= 15 is 0 Å². The van der Waals surface area contributed by atoms with Gasteiger partial charge in [0.1, 0.15) is 5.75 Å². The predicted octanol–water partition coefficient (Wildman–Crippen LogP) is 2.89. The zero-order chi connectivity index (χ0) is 15.7. The van der Waals surface area contributed by atoms with Crippen LogP contribution in [0.4, 0.5) is 18.3 Å². The summed E-state index contributed by atoms with van der Waals surface area (Å²) in [5.74, 6) is -0.469. The van der Waals surface area contributed by atoms with E-state index in [1.165, 1.54) is 18.2 Å². The van der Waals surface area contributed by atoms with Crippen LogP contribution in [0.3, 0.4) is 0 Å². The summed E-state index contributed by atoms with van der Waals surface area (Å²) >= 11 is 1.11. The second-order valence-electron chi connectivity index (χ2n) is 4.89. The maximum atomic E-state index is 12.2. The van der Waals surface area contributed by atoms with Crippen molar-refractivity contribution in [1.82, 2.24) is 10.3 Å². The fourth-order valence-electron chi connectivity index (χ4n) is 2.07. The van der Waals surface area contributed by atoms with E-state index in [9.17, 15) is 18.0 Å². The Labute approximate surface area is 127 Å². The highest BCUT2D eigenvalue weighted by Crippen LogP contribution is 2.31. The van der Waals surface area contributed by atoms with Gasteiger partial charge in [0, 0.05) is 18.5 Å². The molecule has 9 heteroatoms. The standard InChI is InChI=1S/C13H12F3N3O2S/c14-13(15,16)21-8-1-2-9-10(6-8)22-12(18-9)19-11(20)5-7-3-4-17-7/h1-2,6-7,17H,3-5H2,(H,18,19,20)/t7-/m0/s1. The minimum atomic E-state index is -4.73. The van der Waals surface area contributed by atoms with Crippen molar-refractivity contribution in [3.05, 3.63) is 18.2 Å². The van der Waals surface area contributed by atoms with Gasteiger partial charge in [0.05, 0.1) is 10.2 Å². The molecule has 0 radical (unpaired) electrons. The molecule has 0 aliphatic carbocycles. The second kappa shape index (κ2) is 5.73. The van der Waals surface area contributed by atoms with E-state index in [4.69, 9.17) is 0 Å². The fraction of sp³-hybridized carbons (Fsp3) is 0.385. The number of alkyl halides is 3. The van der Waals surface area contributed by atoms with Crippen molar-refractivity contribution in [2.75, 3.05) is 11.9 Å². The smallest absolute Gasteiger partial charge is 0.406 e. The Bertz CT molecular complexity index is 697. The zero-order valence-electron chi connectivity index (χ0n) is 11.2. The highest BCUT2D eigenvalue weighted by Gasteiger charge is 2.31. The third kappa shape index (κ3) is 3.66. The normalized spacial score (nSPS) is 18.0. The molecular formula is C13H12F3N3O2S. The summed E-state index contributed by atoms with van der Waals surface area (Å²) in [4.78, 5) is 16.0. The molecule has 0 unspecified atom stereocenters. The van der Waals surface area contributed by atoms with Crippen molar-refractivity contribution in [2.45, 2.75) is 25.2 Å². The van der Waals surface area contributed by atoms with Gasteiger partial charge in [0.25, 0.3) is 0 Å². The first-order valence-electron chi connectivity index (χ1n) is 6.59. The summed E-state index contributed by atoms with van der Waals surface area (Å²) in [5, 5.41) is 6.14. The van der Waals surface area contributed by atoms with Crippen LogP contribution in [0, 0.1) is 0 Å². The quantitative estimate of drug-likeness (QED) is 0.904. The molecule has 1 atom stereocenters. The summed E-state index contributed by atoms with van der Waals surface area (Å²) in [6.45, 7) is 0.918. The summed E-state index contributed by atoms with van der Waals surface area (Å²) in [7, 11) is 0. The number of aromatic nitrogens is 1. The van der Waals surface area contributed by atoms with E-state index < -0.39 is 6.36 Å². The molecule has 0 saturated carbocycles. The van der Waals surface area contributed by atoms with Gasteiger partial charge in [-0.05, 0) is 25.1 Å². The SMILES string of the molecule is O=C(C[C@@H]1CCN1)Nc1nc2ccc(OC(F)(F)F)cc2s1. The summed E-state index contributed by atoms with van der Waals surface area (Å²) in [6, 6.07) is 4.07. The first-order chi connectivity index (χ1) is 10.4. The van der Waals surface area contributed by atoms with E-state index in [1.807, 2.05) is 0 Å². The molecule has 1 aromatic carbocycles. The van der Waals surface area contributed by atoms with Gasteiger partial charge in [-0.25, -0.2) is 4.98 Å². The minimum absolute atomic E-state index is 0.164. The van der Waals surface area contributed by atoms with Crippen LogP contribution in [-0.4, -0.2) is 29.8 Å². The Hall–Kier alpha value is -1.87. The van der Waals surface area contributed by atoms with Gasteiger partial charge < -0.3 is 15.4 Å². The monoisotopic (exact) mass is 331 g/mol. The van der Waals surface area contributed by atoms with Crippen LogP contribution < -0.4 is 15.4 Å². The minimum Gasteiger partial charge on any atom is -0.406 e. The van der Waals surface area contributed by atoms with Crippen molar-refractivity contribution in [1.29, 1.82) is 0 Å². The van der Waals surface area contributed by atoms with Crippen molar-refractivity contribution in [2.24, 2.45) is 0 Å². The number of fused-ring (bicyclic) bond motifs is 1. The number of rotatable bonds is 4. The van der Waals surface area contributed by atoms with Crippen LogP contribution in [-0.2, 0) is 4.79 Å². The second-order valence-corrected chi connectivity index (χ2v) is 5.92. The number of thiazole rings is 1. The van der Waals surface area contributed by atoms with Gasteiger partial charge in [0.2, 0.25) is 5.91 Å². The summed E-state index contributed by atoms with van der Waals surface area (Å²) < 4.78 is 40.9. The van der Waals surface area contributed by atoms with Gasteiger partial charge in [-0.3, -0.25) is 4.79 Å². The molecular weight excluding hydrogens is 319 g/mol. The Kier molecular flexibility index (Phi) is 3.92. The number of halogens is 3. The summed E-state index contributed by atoms with van der Waals surface area (Å²) in [6.07, 6.45) is -3.41. The molecule has 2 heterocycles. The van der Waals surface area contributed by atoms with Crippen molar-refractivity contribution in [3.8, 4) is 5.75 Å². The van der Waals surface area contributed by atoms with Crippen molar-refractivity contribution >= 4 is 32.6 Å². The van der Waals surface area contributed by atoms with Gasteiger partial charge in [0.15, 0.2) is 5.13 Å². The topological polar surface area (TPSA) is 63.2 Å². The zero-order valence-corrected chi connectivity index (χ0v) is 12.1. The molecule has 3 rings (SSSR count). The molecule has 1 aliphatic rings. The van der Waals surface area contributed by atoms with Gasteiger partial charge in [-0.1, -0.05) is 11.3 Å². The largest absolute Gasteiger partial charge is 0.573 e. The van der Waals surface area contributed by atoms with E-state index in [-0.39, 0.29) is 17.7 Å². The molecule has 1 amide bonds. The highest BCUT2D eigenvalue weighted by atomic mass is 32.1. The van der Waals surface area contributed by atoms with Crippen LogP contribution in [0.15, 0.2) is 18.2 Å². The summed E-state index contributed by atoms with van der Waals surface area (Å²) in [5.41, 5.74) is 0.511. The molecule has 2 N–H and O–H groups in total. The van der Waals surface area contributed by atoms with Gasteiger partial charge in [-0.15, -0.1) is 13.2 Å². The Morgan fingerprint density at radius 2 is 2.27 bits per heavy atom. The number of ether oxygens (including phenoxy) is 1. The number of nitrogens with zero attached hydrogens (tertiary/aromatic N) is 1. The number of carbonyl (C=O) groups excluding carboxylic acids is 1. The molecule has 118 valence electrons. The third-order valence-electron chi connectivity index (χ3n) is 3.20. The number of hydrogen-bond acceptors (Lipinski definition) is 5. The molecule has 1 saturated heterocycles. The lowest BCUT2D eigenvalue weighted by molar-refractivity contribution is -0.274. The van der Waals surface area contributed by atoms with Crippen molar-refractivity contribution < 1.29 is 22.7 Å². The van der Waals surface area contributed by atoms with Crippen molar-refractivity contribution in [3.63, 3.8) is 0 Å². The van der Waals surface area contributed by atoms with E-state index in [1.54, 1.807) is 0 Å². The molecule has 22 heavy (non-hydrogen) atoms. The van der Waals surface area contributed by atoms with E-state index in [2.05, 4.69) is 20.4 Å². The lowest BCUT2D eigenvalue weighted by Gasteiger charge is -2.26. The predicted molar refractivity (Wildman–Crippen MR) is 76.0 cm³/mol. The number of hydrogen-bond donors (Lipinski definition) is 2. The lowest BCUT2D eigenvalue weighted by Crippen LogP contribution is -2.44. The average molecular weight is 331 g/mol. The first-order valence-corrected chi connectivity index (χ1v) is 7.40. The number of anilines is 1. The Morgan fingerprint density at radius 3 is 2.91 bits per heavy atom. The molecule has 1 aromatic heterocycles. The first kappa shape index (κ1) is 15.0. The van der Waals surface area contributed by atoms with Crippen LogP contribution in [0.1, 0.15) is 12.8 Å². The average Bonchev–Trinajstić information content (AvgIpc) is 2.73. The van der Waals surface area contributed by atoms with Gasteiger partial charge >= 0.3 is 6.36 Å². The molecule has 0 spiro atoms. The number of nitrogens with one attached hydrogen (secondary N) is 2. The fourth-order valence-corrected chi connectivity index (χ4v) is 2.98. The maximum Gasteiger partial charge on any atom is 0.573 e. The number of benzene rings is 1. The third-order valence-corrected chi connectivity index (χ3v) is 4.13. The number of amides is 1. The number of carbonyl (C=O) groups is 1. The Balaban J connectivity index is 1.70. The van der Waals surface area contributed by atoms with E-state index in [0.717, 1.165) is 24.3 Å².